The number of nitrogens with two attached hydrogens (primary N) is 1. The minimum atomic E-state index is 0.120. The molecule has 4 nitrogen and oxygen atoms in total. The Morgan fingerprint density at radius 1 is 1.32 bits per heavy atom. The van der Waals surface area contributed by atoms with Crippen molar-refractivity contribution in [3.8, 4) is 0 Å². The fourth-order valence-corrected chi connectivity index (χ4v) is 3.33. The average molecular weight is 267 g/mol. The Bertz CT molecular complexity index is 298. The molecule has 4 heteroatoms. The lowest BCUT2D eigenvalue weighted by Crippen LogP contribution is -2.57. The predicted molar refractivity (Wildman–Crippen MR) is 77.8 cm³/mol. The van der Waals surface area contributed by atoms with Crippen molar-refractivity contribution in [1.29, 1.82) is 0 Å². The van der Waals surface area contributed by atoms with Gasteiger partial charge in [0.25, 0.3) is 0 Å². The molecule has 3 heterocycles. The molecule has 0 saturated carbocycles. The lowest BCUT2D eigenvalue weighted by Gasteiger charge is -2.45. The van der Waals surface area contributed by atoms with Crippen LogP contribution in [-0.2, 0) is 4.79 Å². The molecular weight excluding hydrogens is 238 g/mol. The van der Waals surface area contributed by atoms with Crippen molar-refractivity contribution in [3.05, 3.63) is 0 Å². The van der Waals surface area contributed by atoms with Gasteiger partial charge >= 0.3 is 0 Å². The van der Waals surface area contributed by atoms with Gasteiger partial charge in [-0.15, -0.1) is 0 Å². The number of hydrogen-bond donors (Lipinski definition) is 2. The van der Waals surface area contributed by atoms with Gasteiger partial charge in [-0.3, -0.25) is 4.79 Å². The van der Waals surface area contributed by atoms with Gasteiger partial charge in [-0.25, -0.2) is 0 Å². The topological polar surface area (TPSA) is 58.4 Å². The normalized spacial score (nSPS) is 32.9. The summed E-state index contributed by atoms with van der Waals surface area (Å²) in [4.78, 5) is 14.7. The van der Waals surface area contributed by atoms with E-state index in [1.54, 1.807) is 0 Å². The Morgan fingerprint density at radius 3 is 2.53 bits per heavy atom. The fourth-order valence-electron chi connectivity index (χ4n) is 3.33. The zero-order valence-corrected chi connectivity index (χ0v) is 12.4. The second kappa shape index (κ2) is 6.71. The second-order valence-electron chi connectivity index (χ2n) is 6.56. The molecule has 0 radical (unpaired) electrons. The van der Waals surface area contributed by atoms with Crippen LogP contribution in [0.5, 0.6) is 0 Å². The number of amides is 1. The van der Waals surface area contributed by atoms with Crippen LogP contribution in [0.25, 0.3) is 0 Å². The quantitative estimate of drug-likeness (QED) is 0.764. The summed E-state index contributed by atoms with van der Waals surface area (Å²) < 4.78 is 0. The van der Waals surface area contributed by atoms with Gasteiger partial charge in [0, 0.05) is 24.5 Å². The summed E-state index contributed by atoms with van der Waals surface area (Å²) in [5, 5.41) is 3.28. The van der Waals surface area contributed by atoms with Crippen LogP contribution in [0, 0.1) is 11.8 Å². The van der Waals surface area contributed by atoms with Crippen LogP contribution in [0.4, 0.5) is 0 Å². The van der Waals surface area contributed by atoms with E-state index in [0.29, 0.717) is 12.0 Å². The summed E-state index contributed by atoms with van der Waals surface area (Å²) in [5.74, 6) is 1.07. The zero-order valence-electron chi connectivity index (χ0n) is 12.4. The summed E-state index contributed by atoms with van der Waals surface area (Å²) >= 11 is 0. The van der Waals surface area contributed by atoms with Crippen LogP contribution in [-0.4, -0.2) is 42.5 Å². The van der Waals surface area contributed by atoms with Gasteiger partial charge in [0.05, 0.1) is 0 Å². The van der Waals surface area contributed by atoms with Crippen molar-refractivity contribution in [2.24, 2.45) is 17.6 Å². The molecule has 19 heavy (non-hydrogen) atoms. The van der Waals surface area contributed by atoms with Crippen LogP contribution in [0.15, 0.2) is 0 Å². The van der Waals surface area contributed by atoms with Gasteiger partial charge in [0.1, 0.15) is 0 Å². The third-order valence-corrected chi connectivity index (χ3v) is 4.73. The Hall–Kier alpha value is -0.610. The maximum Gasteiger partial charge on any atom is 0.223 e. The number of hydrogen-bond acceptors (Lipinski definition) is 3. The number of carbonyl (C=O) groups is 1. The highest BCUT2D eigenvalue weighted by atomic mass is 16.1. The molecule has 3 atom stereocenters. The smallest absolute Gasteiger partial charge is 0.223 e. The zero-order chi connectivity index (χ0) is 13.8. The summed E-state index contributed by atoms with van der Waals surface area (Å²) in [6.45, 7) is 7.57. The molecule has 2 bridgehead atoms. The van der Waals surface area contributed by atoms with E-state index in [1.807, 2.05) is 13.8 Å². The lowest BCUT2D eigenvalue weighted by molar-refractivity contribution is -0.126. The third kappa shape index (κ3) is 4.18. The van der Waals surface area contributed by atoms with Crippen molar-refractivity contribution in [2.45, 2.75) is 58.0 Å². The van der Waals surface area contributed by atoms with Gasteiger partial charge in [-0.05, 0) is 51.6 Å². The van der Waals surface area contributed by atoms with Crippen LogP contribution >= 0.6 is 0 Å². The van der Waals surface area contributed by atoms with Crippen molar-refractivity contribution >= 4 is 5.91 Å². The first kappa shape index (κ1) is 14.8. The molecule has 3 saturated heterocycles. The van der Waals surface area contributed by atoms with E-state index < -0.39 is 0 Å². The molecule has 3 rings (SSSR count). The molecule has 3 unspecified atom stereocenters. The predicted octanol–water partition coefficient (Wildman–Crippen LogP) is 1.35. The van der Waals surface area contributed by atoms with E-state index in [1.165, 1.54) is 25.9 Å². The molecule has 0 aromatic rings. The average Bonchev–Trinajstić information content (AvgIpc) is 2.39. The van der Waals surface area contributed by atoms with E-state index in [4.69, 9.17) is 5.73 Å². The minimum absolute atomic E-state index is 0.120. The van der Waals surface area contributed by atoms with Gasteiger partial charge in [0.2, 0.25) is 5.91 Å². The minimum Gasteiger partial charge on any atom is -0.352 e. The molecule has 0 spiro atoms. The molecule has 0 aromatic carbocycles. The molecular formula is C15H29N3O. The van der Waals surface area contributed by atoms with Crippen molar-refractivity contribution in [1.82, 2.24) is 10.2 Å². The second-order valence-corrected chi connectivity index (χ2v) is 6.56. The first-order valence-electron chi connectivity index (χ1n) is 7.84. The maximum atomic E-state index is 12.2. The monoisotopic (exact) mass is 267 g/mol. The first-order chi connectivity index (χ1) is 9.06. The molecule has 110 valence electrons. The highest BCUT2D eigenvalue weighted by Crippen LogP contribution is 2.27. The summed E-state index contributed by atoms with van der Waals surface area (Å²) in [6.07, 6.45) is 5.52. The van der Waals surface area contributed by atoms with Gasteiger partial charge in [-0.1, -0.05) is 13.3 Å². The number of nitrogens with one attached hydrogen (secondary N) is 1. The number of fused-ring (bicyclic) bond motifs is 3. The molecule has 3 N–H and O–H groups in total. The number of rotatable bonds is 6. The van der Waals surface area contributed by atoms with Gasteiger partial charge < -0.3 is 16.0 Å². The van der Waals surface area contributed by atoms with E-state index in [0.717, 1.165) is 25.8 Å². The fraction of sp³-hybridized carbons (Fsp3) is 0.933. The van der Waals surface area contributed by atoms with E-state index in [-0.39, 0.29) is 17.9 Å². The van der Waals surface area contributed by atoms with Crippen LogP contribution in [0.2, 0.25) is 0 Å². The van der Waals surface area contributed by atoms with Gasteiger partial charge in [-0.2, -0.15) is 0 Å². The first-order valence-corrected chi connectivity index (χ1v) is 7.84. The lowest BCUT2D eigenvalue weighted by atomic mass is 9.83. The van der Waals surface area contributed by atoms with Crippen LogP contribution in [0.1, 0.15) is 46.0 Å². The van der Waals surface area contributed by atoms with Crippen LogP contribution < -0.4 is 11.1 Å². The van der Waals surface area contributed by atoms with E-state index >= 15 is 0 Å². The number of nitrogens with zero attached hydrogens (tertiary/aromatic N) is 1. The molecule has 3 aliphatic rings. The number of piperidine rings is 3. The standard InChI is InChI=1S/C15H29N3O/c1-11(4-3-5-12(2)16)15(19)17-14-10-18-8-6-13(14)7-9-18/h11-14H,3-10,16H2,1-2H3,(H,17,19). The Balaban J connectivity index is 1.71. The Morgan fingerprint density at radius 2 is 2.00 bits per heavy atom. The highest BCUT2D eigenvalue weighted by molar-refractivity contribution is 5.78. The molecule has 3 fully saturated rings. The van der Waals surface area contributed by atoms with E-state index in [2.05, 4.69) is 10.2 Å². The van der Waals surface area contributed by atoms with Gasteiger partial charge in [0.15, 0.2) is 0 Å². The van der Waals surface area contributed by atoms with E-state index in [9.17, 15) is 4.79 Å². The Kier molecular flexibility index (Phi) is 5.22. The summed E-state index contributed by atoms with van der Waals surface area (Å²) in [7, 11) is 0. The third-order valence-electron chi connectivity index (χ3n) is 4.73. The number of carbonyl (C=O) groups excluding carboxylic acids is 1. The highest BCUT2D eigenvalue weighted by Gasteiger charge is 2.35. The molecule has 0 aliphatic carbocycles. The summed E-state index contributed by atoms with van der Waals surface area (Å²) in [6, 6.07) is 0.642. The summed E-state index contributed by atoms with van der Waals surface area (Å²) in [5.41, 5.74) is 5.74. The largest absolute Gasteiger partial charge is 0.352 e. The molecule has 3 aliphatic heterocycles. The SMILES string of the molecule is CC(N)CCCC(C)C(=O)NC1CN2CCC1CC2. The van der Waals surface area contributed by atoms with Crippen molar-refractivity contribution in [3.63, 3.8) is 0 Å². The molecule has 1 amide bonds. The Labute approximate surface area is 117 Å². The van der Waals surface area contributed by atoms with Crippen molar-refractivity contribution in [2.75, 3.05) is 19.6 Å². The molecule has 0 aromatic heterocycles. The van der Waals surface area contributed by atoms with Crippen LogP contribution in [0.3, 0.4) is 0 Å². The van der Waals surface area contributed by atoms with Crippen molar-refractivity contribution < 1.29 is 4.79 Å². The maximum absolute atomic E-state index is 12.2.